The Morgan fingerprint density at radius 1 is 1.20 bits per heavy atom. The molecule has 35 heavy (non-hydrogen) atoms. The van der Waals surface area contributed by atoms with Crippen molar-refractivity contribution in [2.75, 3.05) is 31.6 Å². The van der Waals surface area contributed by atoms with Crippen molar-refractivity contribution in [3.05, 3.63) is 69.1 Å². The molecule has 3 heterocycles. The van der Waals surface area contributed by atoms with Crippen LogP contribution in [0.3, 0.4) is 0 Å². The van der Waals surface area contributed by atoms with Gasteiger partial charge in [-0.25, -0.2) is 9.78 Å². The minimum Gasteiger partial charge on any atom is -0.465 e. The highest BCUT2D eigenvalue weighted by Crippen LogP contribution is 2.32. The molecule has 0 N–H and O–H groups in total. The molecule has 1 saturated heterocycles. The number of pyridine rings is 2. The summed E-state index contributed by atoms with van der Waals surface area (Å²) in [6.45, 7) is 6.00. The number of carbonyl (C=O) groups is 1. The fraction of sp³-hybridized carbons (Fsp3) is 0.346. The van der Waals surface area contributed by atoms with E-state index in [4.69, 9.17) is 4.74 Å². The first-order valence-corrected chi connectivity index (χ1v) is 11.3. The molecule has 4 rings (SSSR count). The van der Waals surface area contributed by atoms with Crippen LogP contribution >= 0.6 is 0 Å². The van der Waals surface area contributed by atoms with E-state index in [1.807, 2.05) is 29.2 Å². The lowest BCUT2D eigenvalue weighted by molar-refractivity contribution is 0.0600. The Morgan fingerprint density at radius 3 is 2.63 bits per heavy atom. The average molecular weight is 471 g/mol. The van der Waals surface area contributed by atoms with E-state index < -0.39 is 0 Å². The summed E-state index contributed by atoms with van der Waals surface area (Å²) in [4.78, 5) is 33.7. The number of carbonyl (C=O) groups excluding carboxylic acids is 1. The summed E-state index contributed by atoms with van der Waals surface area (Å²) >= 11 is 0. The van der Waals surface area contributed by atoms with Gasteiger partial charge in [0.2, 0.25) is 0 Å². The maximum Gasteiger partial charge on any atom is 0.337 e. The molecule has 3 aromatic rings. The van der Waals surface area contributed by atoms with Gasteiger partial charge in [0.05, 0.1) is 23.9 Å². The van der Waals surface area contributed by atoms with Crippen LogP contribution in [-0.2, 0) is 11.8 Å². The van der Waals surface area contributed by atoms with Gasteiger partial charge >= 0.3 is 5.97 Å². The fourth-order valence-electron chi connectivity index (χ4n) is 4.85. The summed E-state index contributed by atoms with van der Waals surface area (Å²) in [5, 5.41) is 19.2. The van der Waals surface area contributed by atoms with Crippen LogP contribution in [0.2, 0.25) is 0 Å². The van der Waals surface area contributed by atoms with E-state index in [0.29, 0.717) is 41.9 Å². The van der Waals surface area contributed by atoms with Crippen molar-refractivity contribution in [2.45, 2.75) is 25.9 Å². The second-order valence-electron chi connectivity index (χ2n) is 8.70. The van der Waals surface area contributed by atoms with E-state index in [-0.39, 0.29) is 34.9 Å². The molecular formula is C26H26N6O3. The maximum absolute atomic E-state index is 13.0. The largest absolute Gasteiger partial charge is 0.465 e. The third-order valence-corrected chi connectivity index (χ3v) is 6.72. The SMILES string of the molecule is COC(=O)c1cccc(C(C)N2CCN(c3c(C#N)c(=O)n(C)c4ccc(C#N)nc34)C[C@H]2C)c1. The van der Waals surface area contributed by atoms with Gasteiger partial charge in [0, 0.05) is 38.8 Å². The summed E-state index contributed by atoms with van der Waals surface area (Å²) in [6, 6.07) is 14.9. The normalized spacial score (nSPS) is 17.0. The first kappa shape index (κ1) is 23.9. The average Bonchev–Trinajstić information content (AvgIpc) is 2.89. The number of piperazine rings is 1. The first-order chi connectivity index (χ1) is 16.8. The Balaban J connectivity index is 1.69. The predicted molar refractivity (Wildman–Crippen MR) is 131 cm³/mol. The smallest absolute Gasteiger partial charge is 0.337 e. The third kappa shape index (κ3) is 4.23. The van der Waals surface area contributed by atoms with E-state index in [2.05, 4.69) is 29.8 Å². The number of aryl methyl sites for hydroxylation is 1. The minimum absolute atomic E-state index is 0.0297. The van der Waals surface area contributed by atoms with Gasteiger partial charge in [-0.3, -0.25) is 9.69 Å². The van der Waals surface area contributed by atoms with Crippen LogP contribution in [0.25, 0.3) is 11.0 Å². The maximum atomic E-state index is 13.0. The number of methoxy groups -OCH3 is 1. The van der Waals surface area contributed by atoms with Crippen molar-refractivity contribution >= 4 is 22.7 Å². The van der Waals surface area contributed by atoms with Gasteiger partial charge in [-0.1, -0.05) is 12.1 Å². The van der Waals surface area contributed by atoms with E-state index in [1.165, 1.54) is 11.7 Å². The summed E-state index contributed by atoms with van der Waals surface area (Å²) in [5.74, 6) is -0.372. The molecule has 0 spiro atoms. The summed E-state index contributed by atoms with van der Waals surface area (Å²) in [6.07, 6.45) is 0. The number of benzene rings is 1. The van der Waals surface area contributed by atoms with Crippen molar-refractivity contribution in [1.82, 2.24) is 14.5 Å². The Bertz CT molecular complexity index is 1450. The van der Waals surface area contributed by atoms with Gasteiger partial charge < -0.3 is 14.2 Å². The van der Waals surface area contributed by atoms with Gasteiger partial charge in [-0.2, -0.15) is 10.5 Å². The second kappa shape index (κ2) is 9.57. The highest BCUT2D eigenvalue weighted by molar-refractivity contribution is 5.92. The van der Waals surface area contributed by atoms with Crippen LogP contribution in [-0.4, -0.2) is 53.2 Å². The molecule has 2 aromatic heterocycles. The van der Waals surface area contributed by atoms with Crippen molar-refractivity contribution < 1.29 is 9.53 Å². The van der Waals surface area contributed by atoms with Crippen LogP contribution in [0, 0.1) is 22.7 Å². The zero-order valence-electron chi connectivity index (χ0n) is 20.1. The molecule has 1 aromatic carbocycles. The quantitative estimate of drug-likeness (QED) is 0.535. The van der Waals surface area contributed by atoms with Gasteiger partial charge in [-0.15, -0.1) is 0 Å². The van der Waals surface area contributed by atoms with Gasteiger partial charge in [0.1, 0.15) is 28.9 Å². The van der Waals surface area contributed by atoms with E-state index in [0.717, 1.165) is 5.56 Å². The number of hydrogen-bond acceptors (Lipinski definition) is 8. The number of nitrogens with zero attached hydrogens (tertiary/aromatic N) is 6. The van der Waals surface area contributed by atoms with Crippen molar-refractivity contribution in [3.8, 4) is 12.1 Å². The van der Waals surface area contributed by atoms with Crippen LogP contribution in [0.5, 0.6) is 0 Å². The minimum atomic E-state index is -0.385. The number of fused-ring (bicyclic) bond motifs is 1. The highest BCUT2D eigenvalue weighted by atomic mass is 16.5. The van der Waals surface area contributed by atoms with Crippen LogP contribution < -0.4 is 10.5 Å². The third-order valence-electron chi connectivity index (χ3n) is 6.72. The molecule has 9 heteroatoms. The number of nitriles is 2. The lowest BCUT2D eigenvalue weighted by Crippen LogP contribution is -2.53. The Morgan fingerprint density at radius 2 is 1.97 bits per heavy atom. The topological polar surface area (TPSA) is 115 Å². The molecule has 0 aliphatic carbocycles. The highest BCUT2D eigenvalue weighted by Gasteiger charge is 2.31. The number of rotatable bonds is 4. The molecular weight excluding hydrogens is 444 g/mol. The molecule has 9 nitrogen and oxygen atoms in total. The molecule has 1 aliphatic heterocycles. The standard InChI is InChI=1S/C26H26N6O3/c1-16-15-31(10-11-32(16)17(2)18-6-5-7-19(12-18)26(34)35-4)24-21(14-28)25(33)30(3)22-9-8-20(13-27)29-23(22)24/h5-9,12,16-17H,10-11,15H2,1-4H3/t16-,17?/m1/s1. The molecule has 1 aliphatic rings. The molecule has 0 radical (unpaired) electrons. The van der Waals surface area contributed by atoms with Crippen LogP contribution in [0.4, 0.5) is 5.69 Å². The van der Waals surface area contributed by atoms with Gasteiger partial charge in [-0.05, 0) is 43.7 Å². The molecule has 2 atom stereocenters. The summed E-state index contributed by atoms with van der Waals surface area (Å²) in [5.41, 5.74) is 2.92. The molecule has 0 bridgehead atoms. The van der Waals surface area contributed by atoms with E-state index in [1.54, 1.807) is 25.2 Å². The van der Waals surface area contributed by atoms with E-state index in [9.17, 15) is 20.1 Å². The fourth-order valence-corrected chi connectivity index (χ4v) is 4.85. The lowest BCUT2D eigenvalue weighted by Gasteiger charge is -2.44. The molecule has 178 valence electrons. The first-order valence-electron chi connectivity index (χ1n) is 11.3. The molecule has 1 fully saturated rings. The number of anilines is 1. The Hall–Kier alpha value is -4.21. The van der Waals surface area contributed by atoms with E-state index >= 15 is 0 Å². The van der Waals surface area contributed by atoms with Crippen LogP contribution in [0.1, 0.15) is 47.1 Å². The number of aromatic nitrogens is 2. The van der Waals surface area contributed by atoms with Crippen LogP contribution in [0.15, 0.2) is 41.2 Å². The summed E-state index contributed by atoms with van der Waals surface area (Å²) < 4.78 is 6.26. The monoisotopic (exact) mass is 470 g/mol. The number of hydrogen-bond donors (Lipinski definition) is 0. The number of esters is 1. The van der Waals surface area contributed by atoms with Crippen molar-refractivity contribution in [3.63, 3.8) is 0 Å². The van der Waals surface area contributed by atoms with Crippen molar-refractivity contribution in [2.24, 2.45) is 7.05 Å². The molecule has 0 amide bonds. The summed E-state index contributed by atoms with van der Waals surface area (Å²) in [7, 11) is 2.97. The van der Waals surface area contributed by atoms with Gasteiger partial charge in [0.15, 0.2) is 0 Å². The Labute approximate surface area is 203 Å². The Kier molecular flexibility index (Phi) is 6.54. The zero-order valence-corrected chi connectivity index (χ0v) is 20.1. The predicted octanol–water partition coefficient (Wildman–Crippen LogP) is 2.74. The second-order valence-corrected chi connectivity index (χ2v) is 8.70. The lowest BCUT2D eigenvalue weighted by atomic mass is 10.0. The van der Waals surface area contributed by atoms with Gasteiger partial charge in [0.25, 0.3) is 5.56 Å². The zero-order chi connectivity index (χ0) is 25.3. The van der Waals surface area contributed by atoms with Crippen molar-refractivity contribution in [1.29, 1.82) is 10.5 Å². The molecule has 1 unspecified atom stereocenters. The number of ether oxygens (including phenoxy) is 1. The molecule has 0 saturated carbocycles.